The maximum atomic E-state index is 13.5. The zero-order chi connectivity index (χ0) is 19.6. The third-order valence-electron chi connectivity index (χ3n) is 6.51. The normalized spacial score (nSPS) is 29.9. The summed E-state index contributed by atoms with van der Waals surface area (Å²) in [5, 5.41) is 0. The number of rotatable bonds is 3. The summed E-state index contributed by atoms with van der Waals surface area (Å²) in [6.07, 6.45) is 3.53. The van der Waals surface area contributed by atoms with E-state index in [1.807, 2.05) is 11.8 Å². The van der Waals surface area contributed by atoms with Gasteiger partial charge in [-0.1, -0.05) is 39.8 Å². The molecule has 27 heavy (non-hydrogen) atoms. The van der Waals surface area contributed by atoms with Crippen LogP contribution in [0.1, 0.15) is 74.1 Å². The minimum absolute atomic E-state index is 0.0709. The molecule has 2 bridgehead atoms. The molecule has 2 fully saturated rings. The van der Waals surface area contributed by atoms with E-state index in [1.165, 1.54) is 4.90 Å². The highest BCUT2D eigenvalue weighted by molar-refractivity contribution is 6.22. The summed E-state index contributed by atoms with van der Waals surface area (Å²) >= 11 is 0. The van der Waals surface area contributed by atoms with Gasteiger partial charge >= 0.3 is 0 Å². The SMILES string of the molecule is CC[C@@H](C(=O)N1C[C@@]2(C)C[C@H]1CC(C)(C)C2)N1C(=O)c2ccccc2C1=O. The number of hydrogen-bond acceptors (Lipinski definition) is 3. The fraction of sp³-hybridized carbons (Fsp3) is 0.591. The van der Waals surface area contributed by atoms with Gasteiger partial charge < -0.3 is 4.90 Å². The monoisotopic (exact) mass is 368 g/mol. The second-order valence-electron chi connectivity index (χ2n) is 9.63. The van der Waals surface area contributed by atoms with Crippen LogP contribution in [-0.2, 0) is 4.79 Å². The molecule has 5 nitrogen and oxygen atoms in total. The summed E-state index contributed by atoms with van der Waals surface area (Å²) in [5.41, 5.74) is 1.15. The highest BCUT2D eigenvalue weighted by Crippen LogP contribution is 2.52. The summed E-state index contributed by atoms with van der Waals surface area (Å²) in [7, 11) is 0. The van der Waals surface area contributed by atoms with Crippen molar-refractivity contribution in [2.75, 3.05) is 6.54 Å². The van der Waals surface area contributed by atoms with Crippen molar-refractivity contribution in [2.24, 2.45) is 10.8 Å². The van der Waals surface area contributed by atoms with E-state index >= 15 is 0 Å². The lowest BCUT2D eigenvalue weighted by Crippen LogP contribution is -2.52. The molecule has 1 aliphatic carbocycles. The number of amides is 3. The Kier molecular flexibility index (Phi) is 3.99. The van der Waals surface area contributed by atoms with E-state index < -0.39 is 6.04 Å². The third-order valence-corrected chi connectivity index (χ3v) is 6.51. The average Bonchev–Trinajstić information content (AvgIpc) is 3.00. The van der Waals surface area contributed by atoms with Gasteiger partial charge in [0.2, 0.25) is 5.91 Å². The van der Waals surface area contributed by atoms with Crippen molar-refractivity contribution in [1.29, 1.82) is 0 Å². The highest BCUT2D eigenvalue weighted by atomic mass is 16.2. The van der Waals surface area contributed by atoms with E-state index in [9.17, 15) is 14.4 Å². The molecule has 144 valence electrons. The van der Waals surface area contributed by atoms with Gasteiger partial charge in [0.15, 0.2) is 0 Å². The Balaban J connectivity index is 1.62. The smallest absolute Gasteiger partial charge is 0.262 e. The van der Waals surface area contributed by atoms with Gasteiger partial charge in [-0.2, -0.15) is 0 Å². The number of likely N-dealkylation sites (tertiary alicyclic amines) is 1. The first-order valence-corrected chi connectivity index (χ1v) is 9.93. The first-order chi connectivity index (χ1) is 12.7. The Morgan fingerprint density at radius 1 is 1.11 bits per heavy atom. The molecular weight excluding hydrogens is 340 g/mol. The maximum Gasteiger partial charge on any atom is 0.262 e. The van der Waals surface area contributed by atoms with E-state index in [-0.39, 0.29) is 34.6 Å². The number of carbonyl (C=O) groups excluding carboxylic acids is 3. The van der Waals surface area contributed by atoms with Gasteiger partial charge in [-0.05, 0) is 48.6 Å². The molecule has 3 aliphatic rings. The molecule has 0 radical (unpaired) electrons. The van der Waals surface area contributed by atoms with Crippen LogP contribution in [-0.4, -0.2) is 46.1 Å². The number of benzene rings is 1. The van der Waals surface area contributed by atoms with Crippen LogP contribution in [0.2, 0.25) is 0 Å². The second kappa shape index (κ2) is 5.91. The van der Waals surface area contributed by atoms with Gasteiger partial charge in [0.25, 0.3) is 11.8 Å². The predicted molar refractivity (Wildman–Crippen MR) is 102 cm³/mol. The molecule has 0 N–H and O–H groups in total. The van der Waals surface area contributed by atoms with Crippen molar-refractivity contribution in [2.45, 2.75) is 65.5 Å². The van der Waals surface area contributed by atoms with E-state index in [4.69, 9.17) is 0 Å². The summed E-state index contributed by atoms with van der Waals surface area (Å²) in [6.45, 7) is 9.40. The van der Waals surface area contributed by atoms with Gasteiger partial charge in [-0.3, -0.25) is 19.3 Å². The molecule has 3 atom stereocenters. The Hall–Kier alpha value is -2.17. The zero-order valence-electron chi connectivity index (χ0n) is 16.6. The van der Waals surface area contributed by atoms with Crippen molar-refractivity contribution >= 4 is 17.7 Å². The number of hydrogen-bond donors (Lipinski definition) is 0. The predicted octanol–water partition coefficient (Wildman–Crippen LogP) is 3.49. The molecule has 3 amide bonds. The van der Waals surface area contributed by atoms with Crippen molar-refractivity contribution in [3.63, 3.8) is 0 Å². The lowest BCUT2D eigenvalue weighted by Gasteiger charge is -2.39. The highest BCUT2D eigenvalue weighted by Gasteiger charge is 2.53. The van der Waals surface area contributed by atoms with Crippen LogP contribution in [0.15, 0.2) is 24.3 Å². The molecule has 2 heterocycles. The van der Waals surface area contributed by atoms with Crippen molar-refractivity contribution in [1.82, 2.24) is 9.80 Å². The molecule has 1 aromatic rings. The molecule has 5 heteroatoms. The van der Waals surface area contributed by atoms with Crippen molar-refractivity contribution in [3.05, 3.63) is 35.4 Å². The number of imide groups is 1. The summed E-state index contributed by atoms with van der Waals surface area (Å²) in [4.78, 5) is 42.4. The Bertz CT molecular complexity index is 796. The number of nitrogens with zero attached hydrogens (tertiary/aromatic N) is 2. The number of carbonyl (C=O) groups is 3. The van der Waals surface area contributed by atoms with E-state index in [2.05, 4.69) is 20.8 Å². The van der Waals surface area contributed by atoms with E-state index in [0.29, 0.717) is 17.5 Å². The number of fused-ring (bicyclic) bond motifs is 3. The minimum Gasteiger partial charge on any atom is -0.337 e. The Morgan fingerprint density at radius 3 is 2.26 bits per heavy atom. The van der Waals surface area contributed by atoms with Crippen LogP contribution >= 0.6 is 0 Å². The fourth-order valence-corrected chi connectivity index (χ4v) is 5.87. The molecule has 1 saturated carbocycles. The summed E-state index contributed by atoms with van der Waals surface area (Å²) in [5.74, 6) is -0.757. The summed E-state index contributed by atoms with van der Waals surface area (Å²) in [6, 6.07) is 6.32. The quantitative estimate of drug-likeness (QED) is 0.768. The van der Waals surface area contributed by atoms with Crippen LogP contribution in [0, 0.1) is 10.8 Å². The maximum absolute atomic E-state index is 13.5. The fourth-order valence-electron chi connectivity index (χ4n) is 5.87. The van der Waals surface area contributed by atoms with Gasteiger partial charge in [0.1, 0.15) is 6.04 Å². The van der Waals surface area contributed by atoms with Crippen LogP contribution in [0.25, 0.3) is 0 Å². The van der Waals surface area contributed by atoms with Crippen LogP contribution < -0.4 is 0 Å². The van der Waals surface area contributed by atoms with Gasteiger partial charge in [-0.15, -0.1) is 0 Å². The molecule has 1 aromatic carbocycles. The molecule has 0 unspecified atom stereocenters. The lowest BCUT2D eigenvalue weighted by atomic mass is 9.65. The molecule has 0 aromatic heterocycles. The Labute approximate surface area is 160 Å². The Morgan fingerprint density at radius 2 is 1.70 bits per heavy atom. The van der Waals surface area contributed by atoms with E-state index in [0.717, 1.165) is 25.8 Å². The molecule has 0 spiro atoms. The van der Waals surface area contributed by atoms with Gasteiger partial charge in [0, 0.05) is 12.6 Å². The van der Waals surface area contributed by atoms with Crippen LogP contribution in [0.3, 0.4) is 0 Å². The molecule has 2 aliphatic heterocycles. The van der Waals surface area contributed by atoms with Crippen LogP contribution in [0.5, 0.6) is 0 Å². The van der Waals surface area contributed by atoms with Crippen molar-refractivity contribution in [3.8, 4) is 0 Å². The molecule has 4 rings (SSSR count). The first-order valence-electron chi connectivity index (χ1n) is 9.93. The topological polar surface area (TPSA) is 57.7 Å². The second-order valence-corrected chi connectivity index (χ2v) is 9.63. The first kappa shape index (κ1) is 18.2. The minimum atomic E-state index is -0.719. The van der Waals surface area contributed by atoms with E-state index in [1.54, 1.807) is 24.3 Å². The van der Waals surface area contributed by atoms with Gasteiger partial charge in [0.05, 0.1) is 11.1 Å². The molecule has 1 saturated heterocycles. The van der Waals surface area contributed by atoms with Crippen LogP contribution in [0.4, 0.5) is 0 Å². The average molecular weight is 368 g/mol. The lowest BCUT2D eigenvalue weighted by molar-refractivity contribution is -0.136. The summed E-state index contributed by atoms with van der Waals surface area (Å²) < 4.78 is 0. The largest absolute Gasteiger partial charge is 0.337 e. The zero-order valence-corrected chi connectivity index (χ0v) is 16.6. The van der Waals surface area contributed by atoms with Gasteiger partial charge in [-0.25, -0.2) is 0 Å². The van der Waals surface area contributed by atoms with Crippen molar-refractivity contribution < 1.29 is 14.4 Å². The third kappa shape index (κ3) is 2.79. The standard InChI is InChI=1S/C22H28N2O3/c1-5-17(24-18(25)15-8-6-7-9-16(15)19(24)26)20(27)23-13-22(4)11-14(23)10-21(2,3)12-22/h6-9,14,17H,5,10-13H2,1-4H3/t14-,17+,22+/m1/s1. The molecular formula is C22H28N2O3.